The molecule has 1 saturated heterocycles. The zero-order valence-corrected chi connectivity index (χ0v) is 16.5. The van der Waals surface area contributed by atoms with Crippen LogP contribution < -0.4 is 11.1 Å². The van der Waals surface area contributed by atoms with Gasteiger partial charge in [0, 0.05) is 37.3 Å². The van der Waals surface area contributed by atoms with Crippen molar-refractivity contribution in [3.63, 3.8) is 0 Å². The Hall–Kier alpha value is -3.53. The Labute approximate surface area is 173 Å². The van der Waals surface area contributed by atoms with Gasteiger partial charge in [0.15, 0.2) is 0 Å². The number of aromatic nitrogens is 1. The van der Waals surface area contributed by atoms with Gasteiger partial charge in [-0.2, -0.15) is 5.11 Å². The van der Waals surface area contributed by atoms with E-state index in [1.165, 1.54) is 11.1 Å². The number of β-amino-alcohol motifs (C(OH)–C–C–N with tert-alkyl or cyclic N) is 1. The van der Waals surface area contributed by atoms with E-state index in [1.54, 1.807) is 37.3 Å². The van der Waals surface area contributed by atoms with E-state index in [-0.39, 0.29) is 37.7 Å². The first-order valence-corrected chi connectivity index (χ1v) is 9.47. The number of amides is 2. The highest BCUT2D eigenvalue weighted by atomic mass is 16.5. The first-order valence-electron chi connectivity index (χ1n) is 9.47. The molecule has 0 unspecified atom stereocenters. The molecule has 5 N–H and O–H groups in total. The van der Waals surface area contributed by atoms with Crippen LogP contribution in [-0.2, 0) is 22.6 Å². The Balaban J connectivity index is 1.60. The lowest BCUT2D eigenvalue weighted by atomic mass is 10.1. The quantitative estimate of drug-likeness (QED) is 0.498. The normalized spacial score (nSPS) is 19.0. The molecule has 10 heteroatoms. The van der Waals surface area contributed by atoms with E-state index < -0.39 is 12.1 Å². The molecule has 2 aromatic rings. The third-order valence-corrected chi connectivity index (χ3v) is 4.90. The first-order chi connectivity index (χ1) is 14.4. The molecule has 0 radical (unpaired) electrons. The number of nitrogens with one attached hydrogen (secondary N) is 2. The second kappa shape index (κ2) is 9.31. The number of hydrogen-bond donors (Lipinski definition) is 4. The molecular weight excluding hydrogens is 388 g/mol. The summed E-state index contributed by atoms with van der Waals surface area (Å²) in [6.45, 7) is 2.12. The maximum Gasteiger partial charge on any atom is 0.243 e. The highest BCUT2D eigenvalue weighted by Gasteiger charge is 2.38. The van der Waals surface area contributed by atoms with Crippen molar-refractivity contribution < 1.29 is 19.2 Å². The molecule has 0 saturated carbocycles. The molecule has 3 rings (SSSR count). The zero-order valence-electron chi connectivity index (χ0n) is 16.5. The fourth-order valence-corrected chi connectivity index (χ4v) is 3.39. The van der Waals surface area contributed by atoms with Crippen LogP contribution in [0.1, 0.15) is 29.0 Å². The van der Waals surface area contributed by atoms with Gasteiger partial charge >= 0.3 is 0 Å². The van der Waals surface area contributed by atoms with Crippen molar-refractivity contribution in [3.05, 3.63) is 59.1 Å². The molecular formula is C20H24N6O4. The number of carbonyl (C=O) groups excluding carboxylic acids is 2. The minimum atomic E-state index is -0.754. The Kier molecular flexibility index (Phi) is 6.58. The SMILES string of the molecule is Cc1cc(CC(=O)N2C[C@H](O)C[C@H]2C(=O)NCc2ccc(/C(=C/N)N=N)cc2)on1. The minimum Gasteiger partial charge on any atom is -0.403 e. The van der Waals surface area contributed by atoms with E-state index in [1.807, 2.05) is 0 Å². The lowest BCUT2D eigenvalue weighted by Gasteiger charge is -2.23. The summed E-state index contributed by atoms with van der Waals surface area (Å²) in [5.74, 6) is -0.211. The van der Waals surface area contributed by atoms with Crippen LogP contribution >= 0.6 is 0 Å². The van der Waals surface area contributed by atoms with Crippen molar-refractivity contribution in [2.45, 2.75) is 38.5 Å². The van der Waals surface area contributed by atoms with Crippen LogP contribution in [0, 0.1) is 12.5 Å². The number of aryl methyl sites for hydroxylation is 1. The second-order valence-corrected chi connectivity index (χ2v) is 7.14. The van der Waals surface area contributed by atoms with Crippen LogP contribution in [0.15, 0.2) is 46.2 Å². The van der Waals surface area contributed by atoms with Crippen molar-refractivity contribution in [2.24, 2.45) is 10.8 Å². The molecule has 2 heterocycles. The Morgan fingerprint density at radius 1 is 1.43 bits per heavy atom. The summed E-state index contributed by atoms with van der Waals surface area (Å²) in [4.78, 5) is 26.7. The largest absolute Gasteiger partial charge is 0.403 e. The van der Waals surface area contributed by atoms with Crippen molar-refractivity contribution in [3.8, 4) is 0 Å². The summed E-state index contributed by atoms with van der Waals surface area (Å²) in [5, 5.41) is 19.9. The van der Waals surface area contributed by atoms with Crippen LogP contribution in [0.2, 0.25) is 0 Å². The summed E-state index contributed by atoms with van der Waals surface area (Å²) in [7, 11) is 0. The fourth-order valence-electron chi connectivity index (χ4n) is 3.39. The maximum atomic E-state index is 12.7. The molecule has 0 spiro atoms. The van der Waals surface area contributed by atoms with Gasteiger partial charge in [0.05, 0.1) is 18.2 Å². The molecule has 0 aliphatic carbocycles. The van der Waals surface area contributed by atoms with Gasteiger partial charge in [-0.1, -0.05) is 29.4 Å². The monoisotopic (exact) mass is 412 g/mol. The Bertz CT molecular complexity index is 952. The molecule has 1 aliphatic rings. The smallest absolute Gasteiger partial charge is 0.243 e. The molecule has 158 valence electrons. The van der Waals surface area contributed by atoms with E-state index in [2.05, 4.69) is 15.6 Å². The maximum absolute atomic E-state index is 12.7. The number of hydrogen-bond acceptors (Lipinski definition) is 8. The van der Waals surface area contributed by atoms with Crippen molar-refractivity contribution in [1.82, 2.24) is 15.4 Å². The van der Waals surface area contributed by atoms with Crippen LogP contribution in [0.4, 0.5) is 0 Å². The predicted octanol–water partition coefficient (Wildman–Crippen LogP) is 1.09. The Morgan fingerprint density at radius 2 is 2.17 bits per heavy atom. The number of carbonyl (C=O) groups is 2. The summed E-state index contributed by atoms with van der Waals surface area (Å²) in [5.41, 5.74) is 15.1. The average molecular weight is 412 g/mol. The number of aliphatic hydroxyl groups is 1. The van der Waals surface area contributed by atoms with E-state index in [0.29, 0.717) is 22.7 Å². The number of nitrogens with two attached hydrogens (primary N) is 1. The molecule has 30 heavy (non-hydrogen) atoms. The molecule has 1 aromatic carbocycles. The average Bonchev–Trinajstić information content (AvgIpc) is 3.33. The molecule has 1 fully saturated rings. The fraction of sp³-hybridized carbons (Fsp3) is 0.350. The third kappa shape index (κ3) is 4.90. The topological polar surface area (TPSA) is 158 Å². The van der Waals surface area contributed by atoms with Crippen molar-refractivity contribution in [2.75, 3.05) is 6.54 Å². The van der Waals surface area contributed by atoms with E-state index in [4.69, 9.17) is 15.8 Å². The number of rotatable bonds is 7. The van der Waals surface area contributed by atoms with Gasteiger partial charge in [-0.25, -0.2) is 5.53 Å². The molecule has 0 bridgehead atoms. The zero-order chi connectivity index (χ0) is 21.7. The molecule has 2 amide bonds. The number of benzene rings is 1. The summed E-state index contributed by atoms with van der Waals surface area (Å²) in [6.07, 6.45) is 0.662. The van der Waals surface area contributed by atoms with Gasteiger partial charge in [0.2, 0.25) is 11.8 Å². The van der Waals surface area contributed by atoms with Crippen molar-refractivity contribution in [1.29, 1.82) is 5.53 Å². The molecule has 1 aliphatic heterocycles. The highest BCUT2D eigenvalue weighted by molar-refractivity contribution is 5.89. The Morgan fingerprint density at radius 3 is 2.77 bits per heavy atom. The standard InChI is InChI=1S/C20H24N6O4/c1-12-6-16(30-25-12)8-19(28)26-11-15(27)7-18(26)20(29)23-10-13-2-4-14(5-3-13)17(9-21)24-22/h2-6,9,15,18,22,27H,7-8,10-11,21H2,1H3,(H,23,29)/b17-9-,24-22?/t15-,18+/m1/s1. The van der Waals surface area contributed by atoms with Crippen LogP contribution in [0.3, 0.4) is 0 Å². The lowest BCUT2D eigenvalue weighted by Crippen LogP contribution is -2.46. The van der Waals surface area contributed by atoms with Crippen LogP contribution in [0.25, 0.3) is 5.70 Å². The summed E-state index contributed by atoms with van der Waals surface area (Å²) < 4.78 is 5.07. The first kappa shape index (κ1) is 21.2. The van der Waals surface area contributed by atoms with Gasteiger partial charge < -0.3 is 25.6 Å². The van der Waals surface area contributed by atoms with E-state index >= 15 is 0 Å². The van der Waals surface area contributed by atoms with Gasteiger partial charge in [-0.15, -0.1) is 0 Å². The summed E-state index contributed by atoms with van der Waals surface area (Å²) in [6, 6.07) is 8.03. The summed E-state index contributed by atoms with van der Waals surface area (Å²) >= 11 is 0. The number of nitrogens with zero attached hydrogens (tertiary/aromatic N) is 3. The van der Waals surface area contributed by atoms with Crippen molar-refractivity contribution >= 4 is 17.5 Å². The van der Waals surface area contributed by atoms with Gasteiger partial charge in [0.25, 0.3) is 0 Å². The van der Waals surface area contributed by atoms with Gasteiger partial charge in [-0.05, 0) is 12.5 Å². The number of likely N-dealkylation sites (tertiary alicyclic amines) is 1. The van der Waals surface area contributed by atoms with E-state index in [9.17, 15) is 14.7 Å². The second-order valence-electron chi connectivity index (χ2n) is 7.14. The molecule has 10 nitrogen and oxygen atoms in total. The van der Waals surface area contributed by atoms with Gasteiger partial charge in [0.1, 0.15) is 17.5 Å². The minimum absolute atomic E-state index is 0.0170. The highest BCUT2D eigenvalue weighted by Crippen LogP contribution is 2.20. The number of aliphatic hydroxyl groups excluding tert-OH is 1. The van der Waals surface area contributed by atoms with Crippen LogP contribution in [-0.4, -0.2) is 45.7 Å². The molecule has 1 aromatic heterocycles. The lowest BCUT2D eigenvalue weighted by molar-refractivity contribution is -0.138. The predicted molar refractivity (Wildman–Crippen MR) is 107 cm³/mol. The van der Waals surface area contributed by atoms with Crippen LogP contribution in [0.5, 0.6) is 0 Å². The molecule has 2 atom stereocenters. The van der Waals surface area contributed by atoms with E-state index in [0.717, 1.165) is 5.56 Å². The van der Waals surface area contributed by atoms with Gasteiger partial charge in [-0.3, -0.25) is 9.59 Å². The third-order valence-electron chi connectivity index (χ3n) is 4.90.